The van der Waals surface area contributed by atoms with Gasteiger partial charge in [0.1, 0.15) is 30.3 Å². The highest BCUT2D eigenvalue weighted by Crippen LogP contribution is 2.30. The number of fused-ring (bicyclic) bond motifs is 3. The molecule has 1 fully saturated rings. The normalized spacial score (nSPS) is 13.8. The topological polar surface area (TPSA) is 78.4 Å². The Balaban J connectivity index is 0.000000308. The van der Waals surface area contributed by atoms with Crippen LogP contribution in [0.4, 0.5) is 5.82 Å². The maximum absolute atomic E-state index is 6.18. The minimum atomic E-state index is 0.413. The molecule has 7 nitrogen and oxygen atoms in total. The molecule has 0 radical (unpaired) electrons. The summed E-state index contributed by atoms with van der Waals surface area (Å²) < 4.78 is 15.9. The lowest BCUT2D eigenvalue weighted by Gasteiger charge is -2.09. The van der Waals surface area contributed by atoms with Crippen LogP contribution in [0.15, 0.2) is 48.5 Å². The van der Waals surface area contributed by atoms with Crippen molar-refractivity contribution in [2.45, 2.75) is 39.9 Å². The lowest BCUT2D eigenvalue weighted by molar-refractivity contribution is 0.126. The van der Waals surface area contributed by atoms with Crippen LogP contribution in [0.5, 0.6) is 5.75 Å². The number of aryl methyl sites for hydroxylation is 1. The third kappa shape index (κ3) is 6.25. The highest BCUT2D eigenvalue weighted by Gasteiger charge is 2.16. The lowest BCUT2D eigenvalue weighted by atomic mass is 10.1. The minimum Gasteiger partial charge on any atom is -0.489 e. The van der Waals surface area contributed by atoms with E-state index in [1.165, 1.54) is 31.7 Å². The van der Waals surface area contributed by atoms with Gasteiger partial charge in [0.15, 0.2) is 5.82 Å². The molecule has 1 saturated heterocycles. The van der Waals surface area contributed by atoms with Gasteiger partial charge in [-0.1, -0.05) is 49.2 Å². The Morgan fingerprint density at radius 3 is 2.60 bits per heavy atom. The van der Waals surface area contributed by atoms with Crippen molar-refractivity contribution in [2.75, 3.05) is 31.2 Å². The van der Waals surface area contributed by atoms with Gasteiger partial charge in [-0.05, 0) is 37.5 Å². The predicted octanol–water partition coefficient (Wildman–Crippen LogP) is 5.57. The molecule has 0 spiro atoms. The number of aromatic nitrogens is 3. The van der Waals surface area contributed by atoms with E-state index in [0.29, 0.717) is 31.2 Å². The Kier molecular flexibility index (Phi) is 8.84. The number of rotatable bonds is 8. The molecular weight excluding hydrogens is 458 g/mol. The number of hydrogen-bond donors (Lipinski definition) is 1. The summed E-state index contributed by atoms with van der Waals surface area (Å²) in [7, 11) is 1.97. The van der Waals surface area contributed by atoms with Gasteiger partial charge in [-0.3, -0.25) is 4.31 Å². The van der Waals surface area contributed by atoms with E-state index in [0.717, 1.165) is 33.6 Å². The van der Waals surface area contributed by atoms with Gasteiger partial charge in [0, 0.05) is 43.9 Å². The predicted molar refractivity (Wildman–Crippen MR) is 145 cm³/mol. The molecule has 0 saturated carbocycles. The van der Waals surface area contributed by atoms with Crippen molar-refractivity contribution in [3.63, 3.8) is 0 Å². The average Bonchev–Trinajstić information content (AvgIpc) is 3.51. The van der Waals surface area contributed by atoms with Gasteiger partial charge in [0.2, 0.25) is 0 Å². The molecule has 4 aromatic rings. The monoisotopic (exact) mass is 493 g/mol. The summed E-state index contributed by atoms with van der Waals surface area (Å²) in [6.07, 6.45) is 2.69. The minimum absolute atomic E-state index is 0.413. The molecule has 1 aliphatic rings. The van der Waals surface area contributed by atoms with Crippen molar-refractivity contribution in [3.05, 3.63) is 59.9 Å². The van der Waals surface area contributed by atoms with Crippen LogP contribution in [-0.4, -0.2) is 44.3 Å². The number of anilines is 1. The van der Waals surface area contributed by atoms with Gasteiger partial charge >= 0.3 is 0 Å². The number of nitrogens with two attached hydrogens (primary N) is 1. The maximum Gasteiger partial charge on any atom is 0.152 e. The van der Waals surface area contributed by atoms with Gasteiger partial charge < -0.3 is 19.8 Å². The zero-order valence-corrected chi connectivity index (χ0v) is 21.7. The maximum atomic E-state index is 6.18. The SMILES string of the molecule is CCCN1CCCS1.CCOCc1nc2c(N)nc3cc(OCc4ccccc4)ccc3c2n1C. The van der Waals surface area contributed by atoms with Gasteiger partial charge in [-0.25, -0.2) is 9.97 Å². The number of ether oxygens (including phenoxy) is 2. The highest BCUT2D eigenvalue weighted by atomic mass is 32.2. The number of hydrogen-bond acceptors (Lipinski definition) is 7. The summed E-state index contributed by atoms with van der Waals surface area (Å²) in [6, 6.07) is 16.0. The van der Waals surface area contributed by atoms with Gasteiger partial charge in [0.25, 0.3) is 0 Å². The molecule has 3 heterocycles. The Morgan fingerprint density at radius 2 is 1.89 bits per heavy atom. The van der Waals surface area contributed by atoms with Crippen molar-refractivity contribution in [2.24, 2.45) is 7.05 Å². The molecule has 0 unspecified atom stereocenters. The molecule has 186 valence electrons. The second-order valence-electron chi connectivity index (χ2n) is 8.49. The summed E-state index contributed by atoms with van der Waals surface area (Å²) in [6.45, 7) is 8.39. The zero-order chi connectivity index (χ0) is 24.6. The fourth-order valence-corrected chi connectivity index (χ4v) is 5.18. The van der Waals surface area contributed by atoms with Crippen LogP contribution < -0.4 is 10.5 Å². The first-order valence-electron chi connectivity index (χ1n) is 12.3. The number of nitrogens with zero attached hydrogens (tertiary/aromatic N) is 4. The molecule has 2 aromatic heterocycles. The van der Waals surface area contributed by atoms with Gasteiger partial charge in [0.05, 0.1) is 11.0 Å². The molecule has 8 heteroatoms. The first-order valence-corrected chi connectivity index (χ1v) is 13.2. The summed E-state index contributed by atoms with van der Waals surface area (Å²) in [5, 5.41) is 0.990. The Morgan fingerprint density at radius 1 is 1.06 bits per heavy atom. The first kappa shape index (κ1) is 25.3. The molecule has 1 aliphatic heterocycles. The fraction of sp³-hybridized carbons (Fsp3) is 0.407. The molecular formula is C27H35N5O2S. The molecule has 0 bridgehead atoms. The van der Waals surface area contributed by atoms with Crippen LogP contribution in [-0.2, 0) is 25.0 Å². The molecule has 0 amide bonds. The molecule has 0 atom stereocenters. The van der Waals surface area contributed by atoms with Crippen LogP contribution in [0.2, 0.25) is 0 Å². The van der Waals surface area contributed by atoms with Crippen molar-refractivity contribution < 1.29 is 9.47 Å². The molecule has 0 aliphatic carbocycles. The number of nitrogen functional groups attached to an aromatic ring is 1. The van der Waals surface area contributed by atoms with Crippen molar-refractivity contribution >= 4 is 39.7 Å². The van der Waals surface area contributed by atoms with Crippen LogP contribution in [0.1, 0.15) is 38.1 Å². The zero-order valence-electron chi connectivity index (χ0n) is 20.9. The third-order valence-electron chi connectivity index (χ3n) is 5.88. The van der Waals surface area contributed by atoms with E-state index in [2.05, 4.69) is 21.2 Å². The van der Waals surface area contributed by atoms with E-state index in [9.17, 15) is 0 Å². The van der Waals surface area contributed by atoms with Gasteiger partial charge in [-0.2, -0.15) is 0 Å². The number of imidazole rings is 1. The number of pyridine rings is 1. The summed E-state index contributed by atoms with van der Waals surface area (Å²) in [4.78, 5) is 9.15. The Bertz CT molecular complexity index is 1240. The van der Waals surface area contributed by atoms with E-state index < -0.39 is 0 Å². The first-order chi connectivity index (χ1) is 17.1. The van der Waals surface area contributed by atoms with Gasteiger partial charge in [-0.15, -0.1) is 0 Å². The average molecular weight is 494 g/mol. The Labute approximate surface area is 211 Å². The highest BCUT2D eigenvalue weighted by molar-refractivity contribution is 7.97. The van der Waals surface area contributed by atoms with E-state index >= 15 is 0 Å². The van der Waals surface area contributed by atoms with E-state index in [1.54, 1.807) is 0 Å². The molecule has 2 aromatic carbocycles. The third-order valence-corrected chi connectivity index (χ3v) is 7.08. The quantitative estimate of drug-likeness (QED) is 0.322. The lowest BCUT2D eigenvalue weighted by Crippen LogP contribution is -2.11. The van der Waals surface area contributed by atoms with E-state index in [4.69, 9.17) is 15.2 Å². The van der Waals surface area contributed by atoms with Crippen LogP contribution in [0, 0.1) is 0 Å². The second-order valence-corrected chi connectivity index (χ2v) is 9.67. The summed E-state index contributed by atoms with van der Waals surface area (Å²) >= 11 is 2.00. The Hall–Kier alpha value is -2.81. The fourth-order valence-electron chi connectivity index (χ4n) is 4.10. The molecule has 5 rings (SSSR count). The van der Waals surface area contributed by atoms with Crippen LogP contribution in [0.3, 0.4) is 0 Å². The molecule has 2 N–H and O–H groups in total. The number of benzene rings is 2. The smallest absolute Gasteiger partial charge is 0.152 e. The van der Waals surface area contributed by atoms with Crippen molar-refractivity contribution in [1.29, 1.82) is 0 Å². The van der Waals surface area contributed by atoms with E-state index in [1.807, 2.05) is 79.0 Å². The van der Waals surface area contributed by atoms with E-state index in [-0.39, 0.29) is 0 Å². The summed E-state index contributed by atoms with van der Waals surface area (Å²) in [5.74, 6) is 3.35. The van der Waals surface area contributed by atoms with Crippen molar-refractivity contribution in [1.82, 2.24) is 18.8 Å². The second kappa shape index (κ2) is 12.2. The molecule has 35 heavy (non-hydrogen) atoms. The van der Waals surface area contributed by atoms with Crippen LogP contribution in [0.25, 0.3) is 21.9 Å². The van der Waals surface area contributed by atoms with Crippen molar-refractivity contribution in [3.8, 4) is 5.75 Å². The summed E-state index contributed by atoms with van der Waals surface area (Å²) in [5.41, 5.74) is 9.75. The largest absolute Gasteiger partial charge is 0.489 e. The van der Waals surface area contributed by atoms with Crippen LogP contribution >= 0.6 is 11.9 Å². The standard InChI is InChI=1S/C21H22N4O2.C6H13NS/c1-3-26-13-18-24-19-20(25(18)2)16-10-9-15(11-17(16)23-21(19)22)27-12-14-7-5-4-6-8-14;1-2-4-7-5-3-6-8-7/h4-11H,3,12-13H2,1-2H3,(H2,22,23);2-6H2,1H3.